The van der Waals surface area contributed by atoms with E-state index in [0.717, 1.165) is 5.33 Å². The van der Waals surface area contributed by atoms with E-state index in [1.54, 1.807) is 13.5 Å². The van der Waals surface area contributed by atoms with Gasteiger partial charge in [0.25, 0.3) is 0 Å². The van der Waals surface area contributed by atoms with Gasteiger partial charge < -0.3 is 0 Å². The Kier molecular flexibility index (Phi) is 12.1. The van der Waals surface area contributed by atoms with Gasteiger partial charge >= 0.3 is 75.1 Å². The number of alkyl halides is 1. The van der Waals surface area contributed by atoms with E-state index in [-0.39, 0.29) is 23.2 Å². The minimum absolute atomic E-state index is 0.0811. The van der Waals surface area contributed by atoms with Crippen LogP contribution in [0, 0.1) is 0 Å². The second-order valence-electron chi connectivity index (χ2n) is 3.05. The van der Waals surface area contributed by atoms with Crippen molar-refractivity contribution in [2.24, 2.45) is 0 Å². The Morgan fingerprint density at radius 3 is 2.79 bits per heavy atom. The molecule has 0 radical (unpaired) electrons. The predicted molar refractivity (Wildman–Crippen MR) is 65.5 cm³/mol. The third-order valence-electron chi connectivity index (χ3n) is 1.76. The summed E-state index contributed by atoms with van der Waals surface area (Å²) in [6.45, 7) is 5.71. The van der Waals surface area contributed by atoms with Gasteiger partial charge in [0.2, 0.25) is 0 Å². The van der Waals surface area contributed by atoms with Crippen molar-refractivity contribution < 1.29 is 23.2 Å². The van der Waals surface area contributed by atoms with Gasteiger partial charge in [0.05, 0.1) is 0 Å². The molecule has 78 valence electrons. The number of halogens is 1. The topological polar surface area (TPSA) is 0 Å². The Morgan fingerprint density at radius 2 is 2.36 bits per heavy atom. The van der Waals surface area contributed by atoms with Crippen molar-refractivity contribution in [1.82, 2.24) is 0 Å². The van der Waals surface area contributed by atoms with Crippen LogP contribution in [0.4, 0.5) is 0 Å². The third-order valence-corrected chi connectivity index (χ3v) is 5.73. The maximum absolute atomic E-state index is 3.43. The summed E-state index contributed by atoms with van der Waals surface area (Å²) in [5, 5.41) is 0.896. The third kappa shape index (κ3) is 9.15. The molecule has 0 aromatic heterocycles. The molecule has 0 unspecified atom stereocenters. The monoisotopic (exact) mass is 332 g/mol. The van der Waals surface area contributed by atoms with Gasteiger partial charge in [-0.05, 0) is 0 Å². The van der Waals surface area contributed by atoms with Gasteiger partial charge in [0.1, 0.15) is 0 Å². The zero-order valence-electron chi connectivity index (χ0n) is 8.93. The van der Waals surface area contributed by atoms with Gasteiger partial charge in [-0.3, -0.25) is 0 Å². The van der Waals surface area contributed by atoms with Crippen LogP contribution in [-0.2, 0) is 23.2 Å². The zero-order chi connectivity index (χ0) is 10.6. The standard InChI is InChI=1S/C5H5.C4H9.C3H5Br.Zr/c1-2-4-5-3-1;1-3-4-2;1-2-3-4;/h1-3H,4H2;1,3-4H2,2H3;2H,1,3H2;. The van der Waals surface area contributed by atoms with Gasteiger partial charge in [-0.2, -0.15) is 0 Å². The summed E-state index contributed by atoms with van der Waals surface area (Å²) < 4.78 is 3.34. The second-order valence-corrected chi connectivity index (χ2v) is 7.37. The molecule has 0 spiro atoms. The van der Waals surface area contributed by atoms with Crippen LogP contribution in [0.5, 0.6) is 0 Å². The van der Waals surface area contributed by atoms with E-state index in [2.05, 4.69) is 47.7 Å². The Morgan fingerprint density at radius 1 is 1.64 bits per heavy atom. The molecule has 0 aromatic carbocycles. The summed E-state index contributed by atoms with van der Waals surface area (Å²) >= 11 is 3.05. The second kappa shape index (κ2) is 11.7. The average molecular weight is 334 g/mol. The van der Waals surface area contributed by atoms with E-state index in [4.69, 9.17) is 0 Å². The minimum atomic E-state index is -0.0811. The van der Waals surface area contributed by atoms with E-state index >= 15 is 0 Å². The van der Waals surface area contributed by atoms with Crippen molar-refractivity contribution in [3.05, 3.63) is 34.2 Å². The molecule has 0 nitrogen and oxygen atoms in total. The summed E-state index contributed by atoms with van der Waals surface area (Å²) in [5.74, 6) is 0. The zero-order valence-corrected chi connectivity index (χ0v) is 13.0. The Labute approximate surface area is 108 Å². The van der Waals surface area contributed by atoms with E-state index in [9.17, 15) is 0 Å². The Balaban J connectivity index is 0.000000364. The van der Waals surface area contributed by atoms with Gasteiger partial charge in [-0.15, -0.1) is 6.58 Å². The van der Waals surface area contributed by atoms with Gasteiger partial charge in [-0.1, -0.05) is 22.0 Å². The fraction of sp³-hybridized carbons (Fsp3) is 0.500. The van der Waals surface area contributed by atoms with E-state index in [1.807, 2.05) is 0 Å². The molecule has 1 aliphatic carbocycles. The molecule has 2 heteroatoms. The van der Waals surface area contributed by atoms with Gasteiger partial charge in [0, 0.05) is 5.33 Å². The predicted octanol–water partition coefficient (Wildman–Crippen LogP) is 4.70. The van der Waals surface area contributed by atoms with Crippen LogP contribution in [0.25, 0.3) is 0 Å². The number of rotatable bonds is 5. The van der Waals surface area contributed by atoms with Crippen molar-refractivity contribution >= 4 is 15.9 Å². The van der Waals surface area contributed by atoms with Crippen molar-refractivity contribution in [2.45, 2.75) is 30.3 Å². The van der Waals surface area contributed by atoms with E-state index in [1.165, 1.54) is 19.3 Å². The van der Waals surface area contributed by atoms with Gasteiger partial charge in [0.15, 0.2) is 0 Å². The van der Waals surface area contributed by atoms with Crippen LogP contribution in [0.1, 0.15) is 26.2 Å². The average Bonchev–Trinajstić information content (AvgIpc) is 2.72. The molecular weight excluding hydrogens is 315 g/mol. The first-order chi connectivity index (χ1) is 6.85. The molecule has 0 aromatic rings. The molecule has 0 aliphatic heterocycles. The molecular formula is C12H19BrZr. The van der Waals surface area contributed by atoms with E-state index in [0.29, 0.717) is 0 Å². The number of hydrogen-bond acceptors (Lipinski definition) is 0. The quantitative estimate of drug-likeness (QED) is 0.388. The summed E-state index contributed by atoms with van der Waals surface area (Å²) in [5.41, 5.74) is 0. The van der Waals surface area contributed by atoms with Gasteiger partial charge in [-0.25, -0.2) is 0 Å². The molecule has 0 fully saturated rings. The molecule has 14 heavy (non-hydrogen) atoms. The van der Waals surface area contributed by atoms with Crippen LogP contribution >= 0.6 is 15.9 Å². The molecule has 1 rings (SSSR count). The molecule has 0 bridgehead atoms. The first kappa shape index (κ1) is 14.6. The van der Waals surface area contributed by atoms with Crippen molar-refractivity contribution in [2.75, 3.05) is 5.33 Å². The van der Waals surface area contributed by atoms with Crippen LogP contribution in [0.3, 0.4) is 0 Å². The molecule has 0 N–H and O–H groups in total. The molecule has 0 saturated carbocycles. The van der Waals surface area contributed by atoms with Crippen LogP contribution < -0.4 is 0 Å². The van der Waals surface area contributed by atoms with Crippen LogP contribution in [-0.4, -0.2) is 5.33 Å². The summed E-state index contributed by atoms with van der Waals surface area (Å²) in [6, 6.07) is 0. The normalized spacial score (nSPS) is 12.9. The molecule has 1 aliphatic rings. The maximum atomic E-state index is 3.43. The number of hydrogen-bond donors (Lipinski definition) is 0. The SMILES string of the molecule is C=CCBr.CCC[CH2][Zr][C]1=CC=CC1. The number of unbranched alkanes of at least 4 members (excludes halogenated alkanes) is 1. The summed E-state index contributed by atoms with van der Waals surface area (Å²) in [6.07, 6.45) is 12.7. The van der Waals surface area contributed by atoms with Crippen molar-refractivity contribution in [3.63, 3.8) is 0 Å². The van der Waals surface area contributed by atoms with Crippen LogP contribution in [0.15, 0.2) is 34.2 Å². The molecule has 0 heterocycles. The van der Waals surface area contributed by atoms with Crippen molar-refractivity contribution in [1.29, 1.82) is 0 Å². The molecule has 0 saturated heterocycles. The first-order valence-electron chi connectivity index (χ1n) is 5.11. The molecule has 0 atom stereocenters. The number of allylic oxidation sites excluding steroid dienone is 5. The van der Waals surface area contributed by atoms with Crippen LogP contribution in [0.2, 0.25) is 4.13 Å². The Bertz CT molecular complexity index is 194. The fourth-order valence-corrected chi connectivity index (χ4v) is 4.27. The van der Waals surface area contributed by atoms with E-state index < -0.39 is 0 Å². The fourth-order valence-electron chi connectivity index (χ4n) is 1.00. The molecule has 0 amide bonds. The first-order valence-corrected chi connectivity index (χ1v) is 9.20. The summed E-state index contributed by atoms with van der Waals surface area (Å²) in [7, 11) is 0. The van der Waals surface area contributed by atoms with Crippen molar-refractivity contribution in [3.8, 4) is 0 Å². The summed E-state index contributed by atoms with van der Waals surface area (Å²) in [4.78, 5) is 0. The Hall–Kier alpha value is 0.583.